The van der Waals surface area contributed by atoms with Crippen LogP contribution in [-0.4, -0.2) is 53.8 Å². The first-order valence-electron chi connectivity index (χ1n) is 8.22. The highest BCUT2D eigenvalue weighted by atomic mass is 19.3. The van der Waals surface area contributed by atoms with E-state index in [2.05, 4.69) is 5.32 Å². The molecule has 1 aromatic carbocycles. The Balaban J connectivity index is 2.34. The summed E-state index contributed by atoms with van der Waals surface area (Å²) in [6.45, 7) is 0.236. The minimum atomic E-state index is -3.08. The third-order valence-electron chi connectivity index (χ3n) is 4.45. The number of aliphatic hydroxyl groups excluding tert-OH is 1. The molecule has 26 heavy (non-hydrogen) atoms. The number of alkyl halides is 2. The van der Waals surface area contributed by atoms with Crippen molar-refractivity contribution in [3.05, 3.63) is 41.8 Å². The standard InChI is InChI=1S/C18H22F3N3O2/c1-11-7-18(20,21)10-24(15(11)9-25)17(26)16(22)14(8-23-2)12-3-5-13(19)6-4-12/h3-6,8,11,15,22-23,25H,7,9-10H2,1-2H3/b14-8-,22-16?. The smallest absolute Gasteiger partial charge is 0.272 e. The number of nitrogens with one attached hydrogen (secondary N) is 2. The highest BCUT2D eigenvalue weighted by Gasteiger charge is 2.46. The molecule has 0 aromatic heterocycles. The molecule has 1 aromatic rings. The Labute approximate surface area is 150 Å². The quantitative estimate of drug-likeness (QED) is 0.697. The van der Waals surface area contributed by atoms with Crippen LogP contribution in [-0.2, 0) is 4.79 Å². The third kappa shape index (κ3) is 4.24. The highest BCUT2D eigenvalue weighted by Crippen LogP contribution is 2.34. The second kappa shape index (κ2) is 7.90. The minimum absolute atomic E-state index is 0.149. The summed E-state index contributed by atoms with van der Waals surface area (Å²) in [5, 5.41) is 20.5. The van der Waals surface area contributed by atoms with Gasteiger partial charge in [0.05, 0.1) is 19.2 Å². The van der Waals surface area contributed by atoms with Gasteiger partial charge in [0.15, 0.2) is 0 Å². The normalized spacial score (nSPS) is 22.8. The third-order valence-corrected chi connectivity index (χ3v) is 4.45. The van der Waals surface area contributed by atoms with E-state index >= 15 is 0 Å². The lowest BCUT2D eigenvalue weighted by Crippen LogP contribution is -2.58. The van der Waals surface area contributed by atoms with Gasteiger partial charge in [-0.05, 0) is 23.6 Å². The summed E-state index contributed by atoms with van der Waals surface area (Å²) >= 11 is 0. The molecule has 1 amide bonds. The van der Waals surface area contributed by atoms with Crippen molar-refractivity contribution in [1.82, 2.24) is 10.2 Å². The average Bonchev–Trinajstić information content (AvgIpc) is 2.58. The number of halogens is 3. The van der Waals surface area contributed by atoms with E-state index in [0.29, 0.717) is 5.56 Å². The number of piperidine rings is 1. The van der Waals surface area contributed by atoms with Gasteiger partial charge in [0.2, 0.25) is 0 Å². The van der Waals surface area contributed by atoms with Crippen LogP contribution in [0.2, 0.25) is 0 Å². The van der Waals surface area contributed by atoms with Gasteiger partial charge in [-0.15, -0.1) is 0 Å². The van der Waals surface area contributed by atoms with Gasteiger partial charge in [-0.1, -0.05) is 19.1 Å². The molecule has 1 saturated heterocycles. The maximum Gasteiger partial charge on any atom is 0.272 e. The largest absolute Gasteiger partial charge is 0.394 e. The van der Waals surface area contributed by atoms with E-state index in [0.717, 1.165) is 4.90 Å². The molecule has 1 heterocycles. The van der Waals surface area contributed by atoms with Gasteiger partial charge in [0.25, 0.3) is 11.8 Å². The number of aliphatic hydroxyl groups is 1. The number of hydrogen-bond donors (Lipinski definition) is 3. The van der Waals surface area contributed by atoms with Crippen LogP contribution in [0.5, 0.6) is 0 Å². The molecule has 1 fully saturated rings. The van der Waals surface area contributed by atoms with Crippen LogP contribution in [0.25, 0.3) is 5.57 Å². The van der Waals surface area contributed by atoms with E-state index in [1.807, 2.05) is 0 Å². The Morgan fingerprint density at radius 2 is 2.04 bits per heavy atom. The van der Waals surface area contributed by atoms with Gasteiger partial charge < -0.3 is 15.3 Å². The van der Waals surface area contributed by atoms with Crippen molar-refractivity contribution < 1.29 is 23.1 Å². The zero-order valence-corrected chi connectivity index (χ0v) is 14.6. The fourth-order valence-electron chi connectivity index (χ4n) is 3.18. The second-order valence-corrected chi connectivity index (χ2v) is 6.45. The fraction of sp³-hybridized carbons (Fsp3) is 0.444. The van der Waals surface area contributed by atoms with Gasteiger partial charge in [-0.2, -0.15) is 0 Å². The molecule has 2 atom stereocenters. The van der Waals surface area contributed by atoms with Gasteiger partial charge in [0, 0.05) is 25.2 Å². The molecular weight excluding hydrogens is 347 g/mol. The SMILES string of the molecule is CN/C=C(\C(=N)C(=O)N1CC(F)(F)CC(C)C1CO)c1ccc(F)cc1. The molecule has 2 rings (SSSR count). The summed E-state index contributed by atoms with van der Waals surface area (Å²) in [5.74, 6) is -5.06. The summed E-state index contributed by atoms with van der Waals surface area (Å²) in [6, 6.07) is 4.38. The first-order valence-corrected chi connectivity index (χ1v) is 8.22. The average molecular weight is 369 g/mol. The van der Waals surface area contributed by atoms with Crippen molar-refractivity contribution in [3.63, 3.8) is 0 Å². The number of amides is 1. The molecule has 5 nitrogen and oxygen atoms in total. The Hall–Kier alpha value is -2.35. The topological polar surface area (TPSA) is 76.4 Å². The maximum atomic E-state index is 13.9. The van der Waals surface area contributed by atoms with E-state index in [1.165, 1.54) is 30.5 Å². The molecule has 0 bridgehead atoms. The molecule has 0 aliphatic carbocycles. The summed E-state index contributed by atoms with van der Waals surface area (Å²) in [5.41, 5.74) is 0.0431. The van der Waals surface area contributed by atoms with Crippen molar-refractivity contribution >= 4 is 17.2 Å². The van der Waals surface area contributed by atoms with Gasteiger partial charge in [0.1, 0.15) is 11.5 Å². The Morgan fingerprint density at radius 1 is 1.42 bits per heavy atom. The van der Waals surface area contributed by atoms with Crippen molar-refractivity contribution in [1.29, 1.82) is 5.41 Å². The second-order valence-electron chi connectivity index (χ2n) is 6.45. The molecule has 2 unspecified atom stereocenters. The van der Waals surface area contributed by atoms with Gasteiger partial charge >= 0.3 is 0 Å². The van der Waals surface area contributed by atoms with Crippen LogP contribution >= 0.6 is 0 Å². The van der Waals surface area contributed by atoms with Crippen LogP contribution in [0.1, 0.15) is 18.9 Å². The zero-order valence-electron chi connectivity index (χ0n) is 14.6. The zero-order chi connectivity index (χ0) is 19.5. The Bertz CT molecular complexity index is 704. The number of rotatable bonds is 5. The molecule has 1 aliphatic rings. The first kappa shape index (κ1) is 20.0. The lowest BCUT2D eigenvalue weighted by molar-refractivity contribution is -0.149. The lowest BCUT2D eigenvalue weighted by Gasteiger charge is -2.42. The number of carbonyl (C=O) groups is 1. The van der Waals surface area contributed by atoms with Gasteiger partial charge in [-0.3, -0.25) is 10.2 Å². The predicted molar refractivity (Wildman–Crippen MR) is 92.5 cm³/mol. The molecule has 0 radical (unpaired) electrons. The summed E-state index contributed by atoms with van der Waals surface area (Å²) in [6.07, 6.45) is 0.958. The van der Waals surface area contributed by atoms with Crippen LogP contribution in [0.4, 0.5) is 13.2 Å². The number of hydrogen-bond acceptors (Lipinski definition) is 4. The summed E-state index contributed by atoms with van der Waals surface area (Å²) in [4.78, 5) is 13.6. The Kier molecular flexibility index (Phi) is 6.07. The summed E-state index contributed by atoms with van der Waals surface area (Å²) in [7, 11) is 1.56. The molecule has 3 N–H and O–H groups in total. The van der Waals surface area contributed by atoms with E-state index in [-0.39, 0.29) is 5.57 Å². The molecule has 8 heteroatoms. The summed E-state index contributed by atoms with van der Waals surface area (Å²) < 4.78 is 41.0. The van der Waals surface area contributed by atoms with E-state index in [1.54, 1.807) is 14.0 Å². The maximum absolute atomic E-state index is 13.9. The molecular formula is C18H22F3N3O2. The van der Waals surface area contributed by atoms with Crippen LogP contribution in [0.3, 0.4) is 0 Å². The van der Waals surface area contributed by atoms with Crippen molar-refractivity contribution in [2.45, 2.75) is 25.3 Å². The monoisotopic (exact) mass is 369 g/mol. The van der Waals surface area contributed by atoms with Crippen LogP contribution < -0.4 is 5.32 Å². The number of carbonyl (C=O) groups excluding carboxylic acids is 1. The predicted octanol–water partition coefficient (Wildman–Crippen LogP) is 2.27. The molecule has 0 spiro atoms. The van der Waals surface area contributed by atoms with Crippen molar-refractivity contribution in [3.8, 4) is 0 Å². The number of likely N-dealkylation sites (tertiary alicyclic amines) is 1. The van der Waals surface area contributed by atoms with Crippen LogP contribution in [0.15, 0.2) is 30.5 Å². The first-order chi connectivity index (χ1) is 12.2. The molecule has 142 valence electrons. The Morgan fingerprint density at radius 3 is 2.58 bits per heavy atom. The molecule has 1 aliphatic heterocycles. The number of nitrogens with zero attached hydrogens (tertiary/aromatic N) is 1. The number of benzene rings is 1. The van der Waals surface area contributed by atoms with Crippen LogP contribution in [0, 0.1) is 17.1 Å². The lowest BCUT2D eigenvalue weighted by atomic mass is 9.88. The van der Waals surface area contributed by atoms with Crippen molar-refractivity contribution in [2.24, 2.45) is 5.92 Å². The van der Waals surface area contributed by atoms with E-state index in [4.69, 9.17) is 5.41 Å². The molecule has 0 saturated carbocycles. The minimum Gasteiger partial charge on any atom is -0.394 e. The highest BCUT2D eigenvalue weighted by molar-refractivity contribution is 6.54. The van der Waals surface area contributed by atoms with E-state index in [9.17, 15) is 23.1 Å². The van der Waals surface area contributed by atoms with E-state index < -0.39 is 54.9 Å². The van der Waals surface area contributed by atoms with Gasteiger partial charge in [-0.25, -0.2) is 13.2 Å². The van der Waals surface area contributed by atoms with Crippen molar-refractivity contribution in [2.75, 3.05) is 20.2 Å². The fourth-order valence-corrected chi connectivity index (χ4v) is 3.18.